The van der Waals surface area contributed by atoms with Gasteiger partial charge in [-0.3, -0.25) is 9.69 Å². The number of hydrogen-bond acceptors (Lipinski definition) is 2. The summed E-state index contributed by atoms with van der Waals surface area (Å²) < 4.78 is 0. The Balaban J connectivity index is 2.16. The normalized spacial score (nSPS) is 20.7. The highest BCUT2D eigenvalue weighted by molar-refractivity contribution is 5.82. The molecule has 1 aliphatic heterocycles. The molecule has 1 aliphatic rings. The Morgan fingerprint density at radius 3 is 2.76 bits per heavy atom. The molecular formula is C18H26N2O. The topological polar surface area (TPSA) is 32.3 Å². The van der Waals surface area contributed by atoms with Crippen LogP contribution in [0.3, 0.4) is 0 Å². The molecule has 114 valence electrons. The van der Waals surface area contributed by atoms with E-state index < -0.39 is 0 Å². The molecule has 21 heavy (non-hydrogen) atoms. The van der Waals surface area contributed by atoms with Crippen molar-refractivity contribution in [2.45, 2.75) is 33.2 Å². The second-order valence-electron chi connectivity index (χ2n) is 6.16. The van der Waals surface area contributed by atoms with Crippen LogP contribution in [0.1, 0.15) is 32.8 Å². The summed E-state index contributed by atoms with van der Waals surface area (Å²) in [5, 5.41) is 2.92. The van der Waals surface area contributed by atoms with Gasteiger partial charge in [-0.2, -0.15) is 0 Å². The predicted octanol–water partition coefficient (Wildman–Crippen LogP) is 2.94. The van der Waals surface area contributed by atoms with E-state index in [9.17, 15) is 4.79 Å². The van der Waals surface area contributed by atoms with Crippen LogP contribution >= 0.6 is 0 Å². The SMILES string of the molecule is CC(C)C/C=C(\CN1CCNC(=O)[C@@H]1C)c1ccccc1. The minimum Gasteiger partial charge on any atom is -0.353 e. The van der Waals surface area contributed by atoms with Gasteiger partial charge in [0, 0.05) is 19.6 Å². The number of benzene rings is 1. The predicted molar refractivity (Wildman–Crippen MR) is 87.9 cm³/mol. The van der Waals surface area contributed by atoms with Gasteiger partial charge in [0.15, 0.2) is 0 Å². The lowest BCUT2D eigenvalue weighted by atomic mass is 10.00. The Bertz CT molecular complexity index is 493. The van der Waals surface area contributed by atoms with Crippen molar-refractivity contribution in [3.63, 3.8) is 0 Å². The number of nitrogens with zero attached hydrogens (tertiary/aromatic N) is 1. The fourth-order valence-corrected chi connectivity index (χ4v) is 2.57. The highest BCUT2D eigenvalue weighted by atomic mass is 16.2. The van der Waals surface area contributed by atoms with Gasteiger partial charge in [0.1, 0.15) is 0 Å². The molecule has 3 nitrogen and oxygen atoms in total. The van der Waals surface area contributed by atoms with Crippen LogP contribution in [0.15, 0.2) is 36.4 Å². The lowest BCUT2D eigenvalue weighted by molar-refractivity contribution is -0.127. The van der Waals surface area contributed by atoms with E-state index in [-0.39, 0.29) is 11.9 Å². The summed E-state index contributed by atoms with van der Waals surface area (Å²) in [7, 11) is 0. The van der Waals surface area contributed by atoms with E-state index >= 15 is 0 Å². The zero-order valence-corrected chi connectivity index (χ0v) is 13.3. The largest absolute Gasteiger partial charge is 0.353 e. The van der Waals surface area contributed by atoms with Crippen LogP contribution < -0.4 is 5.32 Å². The Morgan fingerprint density at radius 1 is 1.38 bits per heavy atom. The molecule has 0 bridgehead atoms. The fraction of sp³-hybridized carbons (Fsp3) is 0.500. The molecule has 1 atom stereocenters. The molecule has 1 amide bonds. The molecule has 1 N–H and O–H groups in total. The van der Waals surface area contributed by atoms with Gasteiger partial charge in [0.25, 0.3) is 0 Å². The lowest BCUT2D eigenvalue weighted by Crippen LogP contribution is -2.54. The monoisotopic (exact) mass is 286 g/mol. The van der Waals surface area contributed by atoms with Crippen molar-refractivity contribution in [3.05, 3.63) is 42.0 Å². The van der Waals surface area contributed by atoms with E-state index in [2.05, 4.69) is 54.4 Å². The van der Waals surface area contributed by atoms with E-state index in [1.165, 1.54) is 11.1 Å². The number of piperazine rings is 1. The summed E-state index contributed by atoms with van der Waals surface area (Å²) in [6.07, 6.45) is 3.40. The average Bonchev–Trinajstić information content (AvgIpc) is 2.48. The molecule has 1 aromatic rings. The maximum atomic E-state index is 11.8. The standard InChI is InChI=1S/C18H26N2O/c1-14(2)9-10-17(16-7-5-4-6-8-16)13-20-12-11-19-18(21)15(20)3/h4-8,10,14-15H,9,11-13H2,1-3H3,(H,19,21)/b17-10+/t15-/m0/s1. The molecule has 1 aromatic carbocycles. The average molecular weight is 286 g/mol. The number of nitrogens with one attached hydrogen (secondary N) is 1. The molecule has 0 unspecified atom stereocenters. The quantitative estimate of drug-likeness (QED) is 0.902. The summed E-state index contributed by atoms with van der Waals surface area (Å²) in [5.41, 5.74) is 2.59. The van der Waals surface area contributed by atoms with Gasteiger partial charge in [0.05, 0.1) is 6.04 Å². The van der Waals surface area contributed by atoms with E-state index in [0.717, 1.165) is 26.1 Å². The zero-order chi connectivity index (χ0) is 15.2. The van der Waals surface area contributed by atoms with E-state index in [1.807, 2.05) is 13.0 Å². The number of carbonyl (C=O) groups is 1. The molecule has 1 heterocycles. The zero-order valence-electron chi connectivity index (χ0n) is 13.3. The maximum Gasteiger partial charge on any atom is 0.237 e. The molecular weight excluding hydrogens is 260 g/mol. The molecule has 0 saturated carbocycles. The van der Waals surface area contributed by atoms with Gasteiger partial charge in [-0.05, 0) is 30.4 Å². The molecule has 0 aliphatic carbocycles. The number of carbonyl (C=O) groups excluding carboxylic acids is 1. The molecule has 0 spiro atoms. The van der Waals surface area contributed by atoms with Gasteiger partial charge in [0.2, 0.25) is 5.91 Å². The molecule has 1 fully saturated rings. The van der Waals surface area contributed by atoms with Crippen molar-refractivity contribution in [2.24, 2.45) is 5.92 Å². The van der Waals surface area contributed by atoms with Crippen LogP contribution in [0.5, 0.6) is 0 Å². The van der Waals surface area contributed by atoms with E-state index in [1.54, 1.807) is 0 Å². The van der Waals surface area contributed by atoms with Crippen LogP contribution in [0.4, 0.5) is 0 Å². The Kier molecular flexibility index (Phi) is 5.57. The Hall–Kier alpha value is -1.61. The summed E-state index contributed by atoms with van der Waals surface area (Å²) >= 11 is 0. The molecule has 0 radical (unpaired) electrons. The van der Waals surface area contributed by atoms with E-state index in [0.29, 0.717) is 5.92 Å². The fourth-order valence-electron chi connectivity index (χ4n) is 2.57. The van der Waals surface area contributed by atoms with Crippen LogP contribution in [0.25, 0.3) is 5.57 Å². The van der Waals surface area contributed by atoms with Gasteiger partial charge in [-0.15, -0.1) is 0 Å². The smallest absolute Gasteiger partial charge is 0.237 e. The van der Waals surface area contributed by atoms with Crippen molar-refractivity contribution in [2.75, 3.05) is 19.6 Å². The molecule has 2 rings (SSSR count). The van der Waals surface area contributed by atoms with Crippen molar-refractivity contribution in [1.29, 1.82) is 0 Å². The number of rotatable bonds is 5. The van der Waals surface area contributed by atoms with Crippen molar-refractivity contribution in [3.8, 4) is 0 Å². The van der Waals surface area contributed by atoms with Crippen molar-refractivity contribution < 1.29 is 4.79 Å². The second kappa shape index (κ2) is 7.41. The van der Waals surface area contributed by atoms with Crippen molar-refractivity contribution in [1.82, 2.24) is 10.2 Å². The van der Waals surface area contributed by atoms with Crippen LogP contribution in [-0.4, -0.2) is 36.5 Å². The first-order valence-corrected chi connectivity index (χ1v) is 7.84. The molecule has 3 heteroatoms. The number of allylic oxidation sites excluding steroid dienone is 1. The van der Waals surface area contributed by atoms with Crippen LogP contribution in [-0.2, 0) is 4.79 Å². The Labute approximate surface area is 128 Å². The van der Waals surface area contributed by atoms with Crippen LogP contribution in [0, 0.1) is 5.92 Å². The first-order chi connectivity index (χ1) is 10.1. The minimum absolute atomic E-state index is 0.0510. The third-order valence-electron chi connectivity index (χ3n) is 3.98. The third-order valence-corrected chi connectivity index (χ3v) is 3.98. The van der Waals surface area contributed by atoms with Gasteiger partial charge in [-0.1, -0.05) is 50.3 Å². The number of hydrogen-bond donors (Lipinski definition) is 1. The lowest BCUT2D eigenvalue weighted by Gasteiger charge is -2.33. The third kappa shape index (κ3) is 4.43. The summed E-state index contributed by atoms with van der Waals surface area (Å²) in [6.45, 7) is 8.95. The van der Waals surface area contributed by atoms with Gasteiger partial charge >= 0.3 is 0 Å². The summed E-state index contributed by atoms with van der Waals surface area (Å²) in [5.74, 6) is 0.781. The van der Waals surface area contributed by atoms with Crippen LogP contribution in [0.2, 0.25) is 0 Å². The first-order valence-electron chi connectivity index (χ1n) is 7.84. The van der Waals surface area contributed by atoms with Gasteiger partial charge < -0.3 is 5.32 Å². The first kappa shape index (κ1) is 15.8. The minimum atomic E-state index is -0.0510. The molecule has 1 saturated heterocycles. The summed E-state index contributed by atoms with van der Waals surface area (Å²) in [4.78, 5) is 14.1. The maximum absolute atomic E-state index is 11.8. The number of amides is 1. The summed E-state index contributed by atoms with van der Waals surface area (Å²) in [6, 6.07) is 10.4. The highest BCUT2D eigenvalue weighted by Gasteiger charge is 2.25. The van der Waals surface area contributed by atoms with Gasteiger partial charge in [-0.25, -0.2) is 0 Å². The molecule has 0 aromatic heterocycles. The van der Waals surface area contributed by atoms with E-state index in [4.69, 9.17) is 0 Å². The Morgan fingerprint density at radius 2 is 2.10 bits per heavy atom. The highest BCUT2D eigenvalue weighted by Crippen LogP contribution is 2.20. The second-order valence-corrected chi connectivity index (χ2v) is 6.16. The van der Waals surface area contributed by atoms with Crippen molar-refractivity contribution >= 4 is 11.5 Å².